The van der Waals surface area contributed by atoms with Gasteiger partial charge in [-0.05, 0) is 47.1 Å². The van der Waals surface area contributed by atoms with E-state index in [1.165, 1.54) is 14.2 Å². The molecule has 2 rings (SSSR count). The van der Waals surface area contributed by atoms with E-state index < -0.39 is 0 Å². The van der Waals surface area contributed by atoms with Crippen molar-refractivity contribution in [3.8, 4) is 11.5 Å². The summed E-state index contributed by atoms with van der Waals surface area (Å²) in [4.78, 5) is 16.6. The molecule has 1 N–H and O–H groups in total. The SMILES string of the molecule is COc1cc(C(=O)N[C@H](C)c2ccccn2)cc(OC)c1Br. The van der Waals surface area contributed by atoms with Crippen LogP contribution in [0.3, 0.4) is 0 Å². The number of hydrogen-bond acceptors (Lipinski definition) is 4. The molecule has 1 amide bonds. The molecule has 0 aliphatic carbocycles. The number of rotatable bonds is 5. The van der Waals surface area contributed by atoms with Crippen molar-refractivity contribution in [2.75, 3.05) is 14.2 Å². The average Bonchev–Trinajstić information content (AvgIpc) is 2.55. The highest BCUT2D eigenvalue weighted by molar-refractivity contribution is 9.10. The van der Waals surface area contributed by atoms with Crippen molar-refractivity contribution >= 4 is 21.8 Å². The molecule has 6 heteroatoms. The minimum atomic E-state index is -0.220. The first-order valence-corrected chi connectivity index (χ1v) is 7.49. The van der Waals surface area contributed by atoms with Gasteiger partial charge in [0.1, 0.15) is 16.0 Å². The van der Waals surface area contributed by atoms with Crippen LogP contribution in [0.5, 0.6) is 11.5 Å². The van der Waals surface area contributed by atoms with Crippen molar-refractivity contribution in [1.29, 1.82) is 0 Å². The third-order valence-electron chi connectivity index (χ3n) is 3.19. The van der Waals surface area contributed by atoms with Gasteiger partial charge in [-0.25, -0.2) is 0 Å². The van der Waals surface area contributed by atoms with E-state index in [2.05, 4.69) is 26.2 Å². The zero-order chi connectivity index (χ0) is 16.1. The molecule has 1 atom stereocenters. The Kier molecular flexibility index (Phi) is 5.38. The molecule has 0 fully saturated rings. The van der Waals surface area contributed by atoms with E-state index >= 15 is 0 Å². The Hall–Kier alpha value is -2.08. The smallest absolute Gasteiger partial charge is 0.252 e. The number of carbonyl (C=O) groups excluding carboxylic acids is 1. The first-order valence-electron chi connectivity index (χ1n) is 6.70. The molecular weight excluding hydrogens is 348 g/mol. The first-order chi connectivity index (χ1) is 10.6. The monoisotopic (exact) mass is 364 g/mol. The summed E-state index contributed by atoms with van der Waals surface area (Å²) in [6, 6.07) is 8.71. The summed E-state index contributed by atoms with van der Waals surface area (Å²) in [6.07, 6.45) is 1.70. The zero-order valence-corrected chi connectivity index (χ0v) is 14.2. The van der Waals surface area contributed by atoms with Crippen molar-refractivity contribution in [2.24, 2.45) is 0 Å². The second-order valence-corrected chi connectivity index (χ2v) is 5.44. The predicted octanol–water partition coefficient (Wildman–Crippen LogP) is 3.35. The fourth-order valence-electron chi connectivity index (χ4n) is 1.99. The van der Waals surface area contributed by atoms with Crippen LogP contribution < -0.4 is 14.8 Å². The Morgan fingerprint density at radius 1 is 1.23 bits per heavy atom. The maximum atomic E-state index is 12.4. The summed E-state index contributed by atoms with van der Waals surface area (Å²) in [5, 5.41) is 2.91. The summed E-state index contributed by atoms with van der Waals surface area (Å²) in [7, 11) is 3.08. The first kappa shape index (κ1) is 16.3. The molecule has 1 aromatic heterocycles. The number of methoxy groups -OCH3 is 2. The molecular formula is C16H17BrN2O3. The topological polar surface area (TPSA) is 60.5 Å². The largest absolute Gasteiger partial charge is 0.495 e. The van der Waals surface area contributed by atoms with Gasteiger partial charge in [0, 0.05) is 11.8 Å². The molecule has 2 aromatic rings. The van der Waals surface area contributed by atoms with Crippen LogP contribution in [-0.4, -0.2) is 25.1 Å². The maximum Gasteiger partial charge on any atom is 0.252 e. The molecule has 0 aliphatic heterocycles. The number of nitrogens with one attached hydrogen (secondary N) is 1. The van der Waals surface area contributed by atoms with Crippen molar-refractivity contribution in [3.63, 3.8) is 0 Å². The van der Waals surface area contributed by atoms with Crippen LogP contribution in [0.4, 0.5) is 0 Å². The Bertz CT molecular complexity index is 637. The van der Waals surface area contributed by atoms with Gasteiger partial charge >= 0.3 is 0 Å². The van der Waals surface area contributed by atoms with E-state index in [0.717, 1.165) is 5.69 Å². The highest BCUT2D eigenvalue weighted by Crippen LogP contribution is 2.35. The third kappa shape index (κ3) is 3.57. The number of ether oxygens (including phenoxy) is 2. The van der Waals surface area contributed by atoms with Crippen LogP contribution in [-0.2, 0) is 0 Å². The molecule has 0 saturated heterocycles. The van der Waals surface area contributed by atoms with Crippen LogP contribution in [0.15, 0.2) is 41.0 Å². The van der Waals surface area contributed by atoms with Crippen molar-refractivity contribution in [2.45, 2.75) is 13.0 Å². The lowest BCUT2D eigenvalue weighted by atomic mass is 10.1. The van der Waals surface area contributed by atoms with Crippen LogP contribution in [0, 0.1) is 0 Å². The number of pyridine rings is 1. The van der Waals surface area contributed by atoms with E-state index in [0.29, 0.717) is 21.5 Å². The Balaban J connectivity index is 2.22. The molecule has 0 aliphatic rings. The second kappa shape index (κ2) is 7.26. The fraction of sp³-hybridized carbons (Fsp3) is 0.250. The average molecular weight is 365 g/mol. The number of benzene rings is 1. The second-order valence-electron chi connectivity index (χ2n) is 4.64. The van der Waals surface area contributed by atoms with Crippen LogP contribution in [0.2, 0.25) is 0 Å². The number of aromatic nitrogens is 1. The van der Waals surface area contributed by atoms with Crippen LogP contribution >= 0.6 is 15.9 Å². The standard InChI is InChI=1S/C16H17BrN2O3/c1-10(12-6-4-5-7-18-12)19-16(20)11-8-13(21-2)15(17)14(9-11)22-3/h4-10H,1-3H3,(H,19,20)/t10-/m1/s1. The molecule has 0 radical (unpaired) electrons. The van der Waals surface area contributed by atoms with Crippen molar-refractivity contribution in [3.05, 3.63) is 52.3 Å². The van der Waals surface area contributed by atoms with E-state index in [9.17, 15) is 4.79 Å². The summed E-state index contributed by atoms with van der Waals surface area (Å²) in [5.41, 5.74) is 1.26. The van der Waals surface area contributed by atoms with Crippen molar-refractivity contribution in [1.82, 2.24) is 10.3 Å². The highest BCUT2D eigenvalue weighted by Gasteiger charge is 2.17. The van der Waals surface area contributed by atoms with Crippen LogP contribution in [0.25, 0.3) is 0 Å². The molecule has 116 valence electrons. The lowest BCUT2D eigenvalue weighted by Gasteiger charge is -2.15. The molecule has 5 nitrogen and oxygen atoms in total. The molecule has 1 aromatic carbocycles. The quantitative estimate of drug-likeness (QED) is 0.883. The van der Waals surface area contributed by atoms with Gasteiger partial charge in [0.25, 0.3) is 5.91 Å². The highest BCUT2D eigenvalue weighted by atomic mass is 79.9. The summed E-state index contributed by atoms with van der Waals surface area (Å²) in [6.45, 7) is 1.88. The minimum Gasteiger partial charge on any atom is -0.495 e. The molecule has 0 unspecified atom stereocenters. The van der Waals surface area contributed by atoms with E-state index in [-0.39, 0.29) is 11.9 Å². The molecule has 0 saturated carbocycles. The summed E-state index contributed by atoms with van der Waals surface area (Å²) < 4.78 is 11.2. The van der Waals surface area contributed by atoms with E-state index in [1.54, 1.807) is 18.3 Å². The van der Waals surface area contributed by atoms with Gasteiger partial charge in [0.15, 0.2) is 0 Å². The van der Waals surface area contributed by atoms with Gasteiger partial charge in [-0.3, -0.25) is 9.78 Å². The van der Waals surface area contributed by atoms with Gasteiger partial charge in [-0.1, -0.05) is 6.07 Å². The Morgan fingerprint density at radius 3 is 2.36 bits per heavy atom. The molecule has 22 heavy (non-hydrogen) atoms. The van der Waals surface area contributed by atoms with E-state index in [4.69, 9.17) is 9.47 Å². The normalized spacial score (nSPS) is 11.6. The third-order valence-corrected chi connectivity index (χ3v) is 3.97. The number of nitrogens with zero attached hydrogens (tertiary/aromatic N) is 1. The van der Waals surface area contributed by atoms with Gasteiger partial charge in [0.05, 0.1) is 26.0 Å². The number of halogens is 1. The molecule has 0 spiro atoms. The lowest BCUT2D eigenvalue weighted by molar-refractivity contribution is 0.0938. The minimum absolute atomic E-state index is 0.200. The number of hydrogen-bond donors (Lipinski definition) is 1. The van der Waals surface area contributed by atoms with Gasteiger partial charge < -0.3 is 14.8 Å². The number of amides is 1. The maximum absolute atomic E-state index is 12.4. The summed E-state index contributed by atoms with van der Waals surface area (Å²) >= 11 is 3.38. The predicted molar refractivity (Wildman–Crippen MR) is 87.4 cm³/mol. The van der Waals surface area contributed by atoms with Crippen LogP contribution in [0.1, 0.15) is 29.0 Å². The van der Waals surface area contributed by atoms with Gasteiger partial charge in [-0.2, -0.15) is 0 Å². The van der Waals surface area contributed by atoms with Gasteiger partial charge in [-0.15, -0.1) is 0 Å². The zero-order valence-electron chi connectivity index (χ0n) is 12.6. The molecule has 1 heterocycles. The number of carbonyl (C=O) groups is 1. The Labute approximate surface area is 137 Å². The summed E-state index contributed by atoms with van der Waals surface area (Å²) in [5.74, 6) is 0.854. The van der Waals surface area contributed by atoms with E-state index in [1.807, 2.05) is 25.1 Å². The Morgan fingerprint density at radius 2 is 1.86 bits per heavy atom. The van der Waals surface area contributed by atoms with Crippen molar-refractivity contribution < 1.29 is 14.3 Å². The fourth-order valence-corrected chi connectivity index (χ4v) is 2.54. The lowest BCUT2D eigenvalue weighted by Crippen LogP contribution is -2.27. The molecule has 0 bridgehead atoms. The van der Waals surface area contributed by atoms with Gasteiger partial charge in [0.2, 0.25) is 0 Å².